The average Bonchev–Trinajstić information content (AvgIpc) is 2.40. The Morgan fingerprint density at radius 2 is 1.90 bits per heavy atom. The number of nitrogen functional groups attached to an aromatic ring is 1. The van der Waals surface area contributed by atoms with Crippen molar-refractivity contribution in [1.29, 1.82) is 0 Å². The van der Waals surface area contributed by atoms with Crippen molar-refractivity contribution in [2.75, 3.05) is 5.73 Å². The van der Waals surface area contributed by atoms with E-state index in [1.165, 1.54) is 12.1 Å². The van der Waals surface area contributed by atoms with Crippen LogP contribution in [-0.2, 0) is 0 Å². The number of benzene rings is 2. The molecule has 0 saturated heterocycles. The minimum absolute atomic E-state index is 0.131. The summed E-state index contributed by atoms with van der Waals surface area (Å²) in [6, 6.07) is 7.98. The van der Waals surface area contributed by atoms with E-state index in [1.807, 2.05) is 0 Å². The highest BCUT2D eigenvalue weighted by Gasteiger charge is 2.13. The molecular formula is C16H16F2N2O. The van der Waals surface area contributed by atoms with Crippen molar-refractivity contribution in [3.05, 3.63) is 64.7 Å². The number of hydrogen-bond donors (Lipinski definition) is 2. The van der Waals surface area contributed by atoms with E-state index in [0.29, 0.717) is 11.1 Å². The van der Waals surface area contributed by atoms with Crippen LogP contribution in [0.2, 0.25) is 0 Å². The summed E-state index contributed by atoms with van der Waals surface area (Å²) in [5.41, 5.74) is 6.98. The fourth-order valence-corrected chi connectivity index (χ4v) is 1.99. The van der Waals surface area contributed by atoms with Crippen LogP contribution in [0.5, 0.6) is 0 Å². The number of nitrogens with two attached hydrogens (primary N) is 1. The zero-order chi connectivity index (χ0) is 15.6. The van der Waals surface area contributed by atoms with Gasteiger partial charge in [0.05, 0.1) is 6.04 Å². The van der Waals surface area contributed by atoms with Gasteiger partial charge in [-0.05, 0) is 49.2 Å². The molecule has 3 N–H and O–H groups in total. The molecule has 21 heavy (non-hydrogen) atoms. The van der Waals surface area contributed by atoms with Crippen LogP contribution in [0.15, 0.2) is 36.4 Å². The quantitative estimate of drug-likeness (QED) is 0.852. The summed E-state index contributed by atoms with van der Waals surface area (Å²) in [6.07, 6.45) is 0. The van der Waals surface area contributed by atoms with Gasteiger partial charge < -0.3 is 11.1 Å². The predicted octanol–water partition coefficient (Wildman–Crippen LogP) is 3.35. The fourth-order valence-electron chi connectivity index (χ4n) is 1.99. The monoisotopic (exact) mass is 290 g/mol. The Morgan fingerprint density at radius 1 is 1.19 bits per heavy atom. The minimum atomic E-state index is -0.575. The van der Waals surface area contributed by atoms with Crippen LogP contribution in [0.4, 0.5) is 14.5 Å². The Kier molecular flexibility index (Phi) is 4.21. The van der Waals surface area contributed by atoms with Crippen LogP contribution in [0, 0.1) is 18.6 Å². The van der Waals surface area contributed by atoms with Crippen LogP contribution in [-0.4, -0.2) is 5.91 Å². The maximum absolute atomic E-state index is 13.5. The Bertz CT molecular complexity index is 666. The second-order valence-corrected chi connectivity index (χ2v) is 4.98. The van der Waals surface area contributed by atoms with E-state index in [4.69, 9.17) is 5.73 Å². The van der Waals surface area contributed by atoms with Gasteiger partial charge in [-0.15, -0.1) is 0 Å². The molecule has 1 amide bonds. The molecule has 110 valence electrons. The summed E-state index contributed by atoms with van der Waals surface area (Å²) in [5.74, 6) is -1.37. The lowest BCUT2D eigenvalue weighted by Gasteiger charge is -2.15. The predicted molar refractivity (Wildman–Crippen MR) is 77.8 cm³/mol. The number of hydrogen-bond acceptors (Lipinski definition) is 2. The second kappa shape index (κ2) is 5.91. The number of anilines is 1. The summed E-state index contributed by atoms with van der Waals surface area (Å²) in [5, 5.41) is 2.69. The van der Waals surface area contributed by atoms with Crippen molar-refractivity contribution in [2.45, 2.75) is 19.9 Å². The molecule has 2 rings (SSSR count). The van der Waals surface area contributed by atoms with Gasteiger partial charge in [-0.1, -0.05) is 12.1 Å². The van der Waals surface area contributed by atoms with Crippen LogP contribution < -0.4 is 11.1 Å². The van der Waals surface area contributed by atoms with E-state index < -0.39 is 17.8 Å². The summed E-state index contributed by atoms with van der Waals surface area (Å²) in [4.78, 5) is 12.1. The molecule has 3 nitrogen and oxygen atoms in total. The van der Waals surface area contributed by atoms with Crippen molar-refractivity contribution < 1.29 is 13.6 Å². The normalized spacial score (nSPS) is 12.0. The molecule has 0 saturated carbocycles. The number of halogens is 2. The van der Waals surface area contributed by atoms with Gasteiger partial charge in [-0.25, -0.2) is 8.78 Å². The topological polar surface area (TPSA) is 55.1 Å². The van der Waals surface area contributed by atoms with Crippen molar-refractivity contribution in [1.82, 2.24) is 5.32 Å². The standard InChI is InChI=1S/C16H16F2N2O/c1-9-3-4-11(7-15(9)18)10(2)20-16(21)12-5-13(17)8-14(19)6-12/h3-8,10H,19H2,1-2H3,(H,20,21). The second-order valence-electron chi connectivity index (χ2n) is 4.98. The first-order valence-corrected chi connectivity index (χ1v) is 6.50. The van der Waals surface area contributed by atoms with Crippen LogP contribution in [0.1, 0.15) is 34.5 Å². The van der Waals surface area contributed by atoms with Crippen molar-refractivity contribution in [2.24, 2.45) is 0 Å². The molecule has 0 aliphatic carbocycles. The molecule has 5 heteroatoms. The summed E-state index contributed by atoms with van der Waals surface area (Å²) in [6.45, 7) is 3.39. The molecular weight excluding hydrogens is 274 g/mol. The molecule has 1 atom stereocenters. The third kappa shape index (κ3) is 3.56. The van der Waals surface area contributed by atoms with Crippen LogP contribution in [0.3, 0.4) is 0 Å². The van der Waals surface area contributed by atoms with Gasteiger partial charge in [-0.3, -0.25) is 4.79 Å². The van der Waals surface area contributed by atoms with E-state index in [2.05, 4.69) is 5.32 Å². The van der Waals surface area contributed by atoms with Crippen LogP contribution in [0.25, 0.3) is 0 Å². The lowest BCUT2D eigenvalue weighted by Crippen LogP contribution is -2.27. The smallest absolute Gasteiger partial charge is 0.251 e. The number of carbonyl (C=O) groups excluding carboxylic acids is 1. The first kappa shape index (κ1) is 15.0. The Morgan fingerprint density at radius 3 is 2.52 bits per heavy atom. The molecule has 0 bridgehead atoms. The van der Waals surface area contributed by atoms with Gasteiger partial charge in [-0.2, -0.15) is 0 Å². The first-order chi connectivity index (χ1) is 9.86. The fraction of sp³-hybridized carbons (Fsp3) is 0.188. The first-order valence-electron chi connectivity index (χ1n) is 6.50. The van der Waals surface area contributed by atoms with E-state index in [9.17, 15) is 13.6 Å². The Labute approximate surface area is 121 Å². The highest BCUT2D eigenvalue weighted by atomic mass is 19.1. The highest BCUT2D eigenvalue weighted by Crippen LogP contribution is 2.18. The van der Waals surface area contributed by atoms with Gasteiger partial charge in [0.15, 0.2) is 0 Å². The maximum Gasteiger partial charge on any atom is 0.251 e. The largest absolute Gasteiger partial charge is 0.399 e. The van der Waals surface area contributed by atoms with Gasteiger partial charge in [0.1, 0.15) is 11.6 Å². The third-order valence-corrected chi connectivity index (χ3v) is 3.23. The number of carbonyl (C=O) groups is 1. The summed E-state index contributed by atoms with van der Waals surface area (Å²) < 4.78 is 26.8. The third-order valence-electron chi connectivity index (χ3n) is 3.23. The number of aryl methyl sites for hydroxylation is 1. The molecule has 2 aromatic carbocycles. The van der Waals surface area contributed by atoms with Gasteiger partial charge in [0.2, 0.25) is 0 Å². The molecule has 1 unspecified atom stereocenters. The molecule has 0 aromatic heterocycles. The maximum atomic E-state index is 13.5. The van der Waals surface area contributed by atoms with Gasteiger partial charge in [0, 0.05) is 11.3 Å². The minimum Gasteiger partial charge on any atom is -0.399 e. The van der Waals surface area contributed by atoms with Crippen LogP contribution >= 0.6 is 0 Å². The molecule has 0 spiro atoms. The molecule has 0 radical (unpaired) electrons. The van der Waals surface area contributed by atoms with E-state index in [0.717, 1.165) is 12.1 Å². The highest BCUT2D eigenvalue weighted by molar-refractivity contribution is 5.95. The zero-order valence-corrected chi connectivity index (χ0v) is 11.8. The van der Waals surface area contributed by atoms with Gasteiger partial charge in [0.25, 0.3) is 5.91 Å². The number of amides is 1. The number of nitrogens with one attached hydrogen (secondary N) is 1. The molecule has 0 fully saturated rings. The SMILES string of the molecule is Cc1ccc(C(C)NC(=O)c2cc(N)cc(F)c2)cc1F. The van der Waals surface area contributed by atoms with E-state index >= 15 is 0 Å². The molecule has 0 aliphatic rings. The lowest BCUT2D eigenvalue weighted by molar-refractivity contribution is 0.0939. The summed E-state index contributed by atoms with van der Waals surface area (Å²) >= 11 is 0. The van der Waals surface area contributed by atoms with E-state index in [-0.39, 0.29) is 17.1 Å². The lowest BCUT2D eigenvalue weighted by atomic mass is 10.1. The Balaban J connectivity index is 2.16. The van der Waals surface area contributed by atoms with E-state index in [1.54, 1.807) is 26.0 Å². The van der Waals surface area contributed by atoms with Crippen molar-refractivity contribution in [3.63, 3.8) is 0 Å². The summed E-state index contributed by atoms with van der Waals surface area (Å²) in [7, 11) is 0. The number of rotatable bonds is 3. The van der Waals surface area contributed by atoms with Crippen molar-refractivity contribution >= 4 is 11.6 Å². The average molecular weight is 290 g/mol. The van der Waals surface area contributed by atoms with Crippen molar-refractivity contribution in [3.8, 4) is 0 Å². The Hall–Kier alpha value is -2.43. The molecule has 2 aromatic rings. The molecule has 0 heterocycles. The zero-order valence-electron chi connectivity index (χ0n) is 11.8. The van der Waals surface area contributed by atoms with Gasteiger partial charge >= 0.3 is 0 Å². The molecule has 0 aliphatic heterocycles.